The van der Waals surface area contributed by atoms with E-state index in [2.05, 4.69) is 22.1 Å². The van der Waals surface area contributed by atoms with Gasteiger partial charge in [0.15, 0.2) is 0 Å². The number of thiophene rings is 1. The largest absolute Gasteiger partial charge is 0.351 e. The number of nitro groups is 1. The van der Waals surface area contributed by atoms with E-state index in [1.165, 1.54) is 23.8 Å². The van der Waals surface area contributed by atoms with Gasteiger partial charge in [0.2, 0.25) is 0 Å². The van der Waals surface area contributed by atoms with Crippen LogP contribution < -0.4 is 5.32 Å². The third-order valence-corrected chi connectivity index (χ3v) is 5.69. The molecule has 0 unspecified atom stereocenters. The number of non-ortho nitro benzene ring substituents is 1. The Morgan fingerprint density at radius 1 is 1.33 bits per heavy atom. The van der Waals surface area contributed by atoms with Crippen molar-refractivity contribution in [2.24, 2.45) is 0 Å². The molecule has 7 heteroatoms. The summed E-state index contributed by atoms with van der Waals surface area (Å²) in [5.74, 6) is -0.295. The van der Waals surface area contributed by atoms with Crippen molar-refractivity contribution in [2.45, 2.75) is 31.1 Å². The van der Waals surface area contributed by atoms with Crippen molar-refractivity contribution in [1.29, 1.82) is 0 Å². The summed E-state index contributed by atoms with van der Waals surface area (Å²) in [5, 5.41) is 18.0. The second-order valence-corrected chi connectivity index (χ2v) is 7.29. The Morgan fingerprint density at radius 2 is 2.08 bits per heavy atom. The molecule has 1 amide bonds. The lowest BCUT2D eigenvalue weighted by Gasteiger charge is -2.28. The van der Waals surface area contributed by atoms with E-state index in [1.807, 2.05) is 0 Å². The standard InChI is InChI=1S/C17H17ClN2O3S/c18-15-9-13(20(22)23)3-4-14(15)16(21)19-11-17(6-1-2-7-17)12-5-8-24-10-12/h3-5,8-10H,1-2,6-7,11H2,(H,19,21). The molecular formula is C17H17ClN2O3S. The molecule has 24 heavy (non-hydrogen) atoms. The Hall–Kier alpha value is -1.92. The maximum Gasteiger partial charge on any atom is 0.270 e. The summed E-state index contributed by atoms with van der Waals surface area (Å²) in [5.41, 5.74) is 1.41. The number of nitro benzene ring substituents is 1. The summed E-state index contributed by atoms with van der Waals surface area (Å²) in [6.45, 7) is 0.551. The SMILES string of the molecule is O=C(NCC1(c2ccsc2)CCCC1)c1ccc([N+](=O)[O-])cc1Cl. The molecule has 5 nitrogen and oxygen atoms in total. The Bertz CT molecular complexity index is 755. The zero-order valence-electron chi connectivity index (χ0n) is 13.0. The molecular weight excluding hydrogens is 348 g/mol. The smallest absolute Gasteiger partial charge is 0.270 e. The minimum Gasteiger partial charge on any atom is -0.351 e. The Balaban J connectivity index is 1.74. The maximum atomic E-state index is 12.5. The molecule has 1 N–H and O–H groups in total. The molecule has 1 saturated carbocycles. The van der Waals surface area contributed by atoms with Crippen molar-refractivity contribution >= 4 is 34.5 Å². The first kappa shape index (κ1) is 16.9. The number of amides is 1. The number of benzene rings is 1. The van der Waals surface area contributed by atoms with Gasteiger partial charge in [-0.3, -0.25) is 14.9 Å². The van der Waals surface area contributed by atoms with Gasteiger partial charge in [0, 0.05) is 24.1 Å². The Labute approximate surface area is 148 Å². The van der Waals surface area contributed by atoms with Gasteiger partial charge in [0.1, 0.15) is 0 Å². The lowest BCUT2D eigenvalue weighted by atomic mass is 9.80. The molecule has 0 atom stereocenters. The van der Waals surface area contributed by atoms with Crippen LogP contribution in [0.4, 0.5) is 5.69 Å². The molecule has 1 aromatic carbocycles. The van der Waals surface area contributed by atoms with Crippen molar-refractivity contribution in [3.63, 3.8) is 0 Å². The molecule has 0 saturated heterocycles. The van der Waals surface area contributed by atoms with Crippen LogP contribution in [0.1, 0.15) is 41.6 Å². The second-order valence-electron chi connectivity index (χ2n) is 6.10. The first-order valence-electron chi connectivity index (χ1n) is 7.77. The number of rotatable bonds is 5. The number of carbonyl (C=O) groups is 1. The highest BCUT2D eigenvalue weighted by Gasteiger charge is 2.36. The normalized spacial score (nSPS) is 16.0. The fourth-order valence-corrected chi connectivity index (χ4v) is 4.37. The minimum absolute atomic E-state index is 0.0110. The molecule has 2 aromatic rings. The molecule has 1 aromatic heterocycles. The lowest BCUT2D eigenvalue weighted by Crippen LogP contribution is -2.38. The van der Waals surface area contributed by atoms with Crippen LogP contribution in [0.2, 0.25) is 5.02 Å². The predicted octanol–water partition coefficient (Wildman–Crippen LogP) is 4.55. The molecule has 126 valence electrons. The van der Waals surface area contributed by atoms with Crippen LogP contribution in [-0.4, -0.2) is 17.4 Å². The van der Waals surface area contributed by atoms with Crippen LogP contribution in [-0.2, 0) is 5.41 Å². The molecule has 0 aliphatic heterocycles. The van der Waals surface area contributed by atoms with Gasteiger partial charge in [0.05, 0.1) is 15.5 Å². The molecule has 1 heterocycles. The molecule has 1 aliphatic rings. The minimum atomic E-state index is -0.530. The second kappa shape index (κ2) is 6.91. The number of hydrogen-bond acceptors (Lipinski definition) is 4. The Kier molecular flexibility index (Phi) is 4.87. The summed E-state index contributed by atoms with van der Waals surface area (Å²) >= 11 is 7.70. The third kappa shape index (κ3) is 3.30. The van der Waals surface area contributed by atoms with E-state index >= 15 is 0 Å². The average molecular weight is 365 g/mol. The van der Waals surface area contributed by atoms with Crippen molar-refractivity contribution in [3.8, 4) is 0 Å². The van der Waals surface area contributed by atoms with Gasteiger partial charge in [-0.2, -0.15) is 11.3 Å². The summed E-state index contributed by atoms with van der Waals surface area (Å²) < 4.78 is 0. The van der Waals surface area contributed by atoms with Gasteiger partial charge in [0.25, 0.3) is 11.6 Å². The van der Waals surface area contributed by atoms with E-state index < -0.39 is 4.92 Å². The van der Waals surface area contributed by atoms with Gasteiger partial charge in [-0.15, -0.1) is 0 Å². The van der Waals surface area contributed by atoms with Crippen molar-refractivity contribution < 1.29 is 9.72 Å². The van der Waals surface area contributed by atoms with Crippen LogP contribution in [0.15, 0.2) is 35.0 Å². The van der Waals surface area contributed by atoms with Crippen molar-refractivity contribution in [3.05, 3.63) is 61.3 Å². The van der Waals surface area contributed by atoms with E-state index in [4.69, 9.17) is 11.6 Å². The molecule has 0 bridgehead atoms. The van der Waals surface area contributed by atoms with Crippen LogP contribution >= 0.6 is 22.9 Å². The van der Waals surface area contributed by atoms with Crippen molar-refractivity contribution in [2.75, 3.05) is 6.54 Å². The monoisotopic (exact) mass is 364 g/mol. The zero-order valence-corrected chi connectivity index (χ0v) is 14.5. The third-order valence-electron chi connectivity index (χ3n) is 4.69. The van der Waals surface area contributed by atoms with Gasteiger partial charge >= 0.3 is 0 Å². The maximum absolute atomic E-state index is 12.5. The summed E-state index contributed by atoms with van der Waals surface area (Å²) in [4.78, 5) is 22.7. The molecule has 1 fully saturated rings. The quantitative estimate of drug-likeness (QED) is 0.624. The molecule has 0 radical (unpaired) electrons. The molecule has 0 spiro atoms. The first-order chi connectivity index (χ1) is 11.5. The van der Waals surface area contributed by atoms with Gasteiger partial charge in [-0.05, 0) is 41.3 Å². The number of carbonyl (C=O) groups excluding carboxylic acids is 1. The van der Waals surface area contributed by atoms with E-state index in [1.54, 1.807) is 11.3 Å². The van der Waals surface area contributed by atoms with Gasteiger partial charge < -0.3 is 5.32 Å². The average Bonchev–Trinajstić information content (AvgIpc) is 3.24. The van der Waals surface area contributed by atoms with Gasteiger partial charge in [-0.1, -0.05) is 24.4 Å². The lowest BCUT2D eigenvalue weighted by molar-refractivity contribution is -0.384. The highest BCUT2D eigenvalue weighted by atomic mass is 35.5. The topological polar surface area (TPSA) is 72.2 Å². The summed E-state index contributed by atoms with van der Waals surface area (Å²) in [7, 11) is 0. The van der Waals surface area contributed by atoms with Crippen LogP contribution in [0.5, 0.6) is 0 Å². The number of nitrogens with one attached hydrogen (secondary N) is 1. The summed E-state index contributed by atoms with van der Waals surface area (Å²) in [6.07, 6.45) is 4.42. The number of nitrogens with zero attached hydrogens (tertiary/aromatic N) is 1. The van der Waals surface area contributed by atoms with E-state index in [0.29, 0.717) is 6.54 Å². The molecule has 3 rings (SSSR count). The van der Waals surface area contributed by atoms with Crippen LogP contribution in [0.3, 0.4) is 0 Å². The Morgan fingerprint density at radius 3 is 2.67 bits per heavy atom. The fraction of sp³-hybridized carbons (Fsp3) is 0.353. The summed E-state index contributed by atoms with van der Waals surface area (Å²) in [6, 6.07) is 6.04. The van der Waals surface area contributed by atoms with E-state index in [0.717, 1.165) is 25.7 Å². The first-order valence-corrected chi connectivity index (χ1v) is 9.09. The van der Waals surface area contributed by atoms with E-state index in [9.17, 15) is 14.9 Å². The zero-order chi connectivity index (χ0) is 17.2. The van der Waals surface area contributed by atoms with E-state index in [-0.39, 0.29) is 27.6 Å². The predicted molar refractivity (Wildman–Crippen MR) is 94.9 cm³/mol. The van der Waals surface area contributed by atoms with Crippen molar-refractivity contribution in [1.82, 2.24) is 5.32 Å². The molecule has 1 aliphatic carbocycles. The van der Waals surface area contributed by atoms with Crippen LogP contribution in [0, 0.1) is 10.1 Å². The van der Waals surface area contributed by atoms with Gasteiger partial charge in [-0.25, -0.2) is 0 Å². The fourth-order valence-electron chi connectivity index (χ4n) is 3.33. The highest BCUT2D eigenvalue weighted by Crippen LogP contribution is 2.41. The highest BCUT2D eigenvalue weighted by molar-refractivity contribution is 7.08. The number of halogens is 1. The van der Waals surface area contributed by atoms with Crippen LogP contribution in [0.25, 0.3) is 0 Å². The number of hydrogen-bond donors (Lipinski definition) is 1.